The van der Waals surface area contributed by atoms with Crippen LogP contribution in [0.2, 0.25) is 0 Å². The Morgan fingerprint density at radius 1 is 1.21 bits per heavy atom. The zero-order chi connectivity index (χ0) is 19.7. The first-order chi connectivity index (χ1) is 13.5. The molecule has 7 nitrogen and oxygen atoms in total. The predicted octanol–water partition coefficient (Wildman–Crippen LogP) is 3.52. The summed E-state index contributed by atoms with van der Waals surface area (Å²) in [6.07, 6.45) is 1.31. The fraction of sp³-hybridized carbons (Fsp3) is 0.235. The van der Waals surface area contributed by atoms with E-state index in [2.05, 4.69) is 15.5 Å². The minimum Gasteiger partial charge on any atom is -0.317 e. The van der Waals surface area contributed by atoms with Crippen LogP contribution in [0.1, 0.15) is 33.7 Å². The van der Waals surface area contributed by atoms with Gasteiger partial charge in [-0.2, -0.15) is 4.31 Å². The van der Waals surface area contributed by atoms with Crippen LogP contribution in [0.3, 0.4) is 0 Å². The highest BCUT2D eigenvalue weighted by molar-refractivity contribution is 7.91. The number of hydrogen-bond donors (Lipinski definition) is 1. The number of anilines is 1. The number of carbonyl (C=O) groups excluding carboxylic acids is 1. The van der Waals surface area contributed by atoms with E-state index in [1.165, 1.54) is 22.5 Å². The molecule has 1 aromatic carbocycles. The number of rotatable bonds is 5. The second-order valence-corrected chi connectivity index (χ2v) is 10.2. The van der Waals surface area contributed by atoms with Gasteiger partial charge in [0.1, 0.15) is 15.0 Å². The van der Waals surface area contributed by atoms with Gasteiger partial charge in [0.05, 0.1) is 11.7 Å². The van der Waals surface area contributed by atoms with Gasteiger partial charge in [-0.05, 0) is 36.4 Å². The predicted molar refractivity (Wildman–Crippen MR) is 104 cm³/mol. The molecule has 11 heteroatoms. The molecule has 1 aliphatic heterocycles. The normalized spacial score (nSPS) is 17.7. The summed E-state index contributed by atoms with van der Waals surface area (Å²) in [5.41, 5.74) is 0.0482. The largest absolute Gasteiger partial charge is 0.317 e. The van der Waals surface area contributed by atoms with Gasteiger partial charge in [0.15, 0.2) is 0 Å². The van der Waals surface area contributed by atoms with Gasteiger partial charge in [0.2, 0.25) is 5.01 Å². The molecule has 146 valence electrons. The van der Waals surface area contributed by atoms with E-state index >= 15 is 0 Å². The number of hydrogen-bond acceptors (Lipinski definition) is 7. The van der Waals surface area contributed by atoms with E-state index in [0.29, 0.717) is 24.4 Å². The van der Waals surface area contributed by atoms with Crippen molar-refractivity contribution in [3.63, 3.8) is 0 Å². The first kappa shape index (κ1) is 19.1. The van der Waals surface area contributed by atoms with Crippen LogP contribution in [0, 0.1) is 5.82 Å². The fourth-order valence-electron chi connectivity index (χ4n) is 3.00. The third-order valence-electron chi connectivity index (χ3n) is 4.30. The summed E-state index contributed by atoms with van der Waals surface area (Å²) in [7, 11) is -3.62. The lowest BCUT2D eigenvalue weighted by atomic mass is 10.2. The molecule has 0 bridgehead atoms. The lowest BCUT2D eigenvalue weighted by molar-refractivity contribution is 0.102. The molecule has 3 heterocycles. The van der Waals surface area contributed by atoms with Gasteiger partial charge >= 0.3 is 0 Å². The van der Waals surface area contributed by atoms with Gasteiger partial charge in [0, 0.05) is 6.54 Å². The highest BCUT2D eigenvalue weighted by atomic mass is 32.2. The van der Waals surface area contributed by atoms with Gasteiger partial charge in [-0.3, -0.25) is 4.79 Å². The molecule has 3 aromatic rings. The highest BCUT2D eigenvalue weighted by Crippen LogP contribution is 2.38. The molecule has 1 aliphatic rings. The van der Waals surface area contributed by atoms with Crippen molar-refractivity contribution in [1.82, 2.24) is 14.5 Å². The van der Waals surface area contributed by atoms with Gasteiger partial charge in [0.25, 0.3) is 15.9 Å². The van der Waals surface area contributed by atoms with Gasteiger partial charge in [-0.25, -0.2) is 12.8 Å². The van der Waals surface area contributed by atoms with Crippen LogP contribution in [-0.4, -0.2) is 35.4 Å². The number of para-hydroxylation sites is 1. The van der Waals surface area contributed by atoms with Crippen LogP contribution in [0.15, 0.2) is 46.0 Å². The molecular formula is C17H15FN4O3S3. The van der Waals surface area contributed by atoms with Crippen LogP contribution >= 0.6 is 22.7 Å². The number of amides is 1. The van der Waals surface area contributed by atoms with Gasteiger partial charge in [-0.1, -0.05) is 29.5 Å². The molecular weight excluding hydrogens is 423 g/mol. The number of thiophene rings is 1. The fourth-order valence-corrected chi connectivity index (χ4v) is 6.73. The number of nitrogens with one attached hydrogen (secondary N) is 1. The molecule has 1 N–H and O–H groups in total. The SMILES string of the molecule is O=C(Nc1ccccc1F)c1nnc([C@H]2CCCN2S(=O)(=O)c2cccs2)s1. The van der Waals surface area contributed by atoms with E-state index in [4.69, 9.17) is 0 Å². The molecule has 0 saturated carbocycles. The molecule has 1 saturated heterocycles. The Bertz CT molecular complexity index is 1100. The van der Waals surface area contributed by atoms with Crippen LogP contribution in [0.5, 0.6) is 0 Å². The molecule has 0 spiro atoms. The van der Waals surface area contributed by atoms with Crippen molar-refractivity contribution in [3.8, 4) is 0 Å². The summed E-state index contributed by atoms with van der Waals surface area (Å²) in [5.74, 6) is -1.14. The summed E-state index contributed by atoms with van der Waals surface area (Å²) < 4.78 is 41.1. The number of carbonyl (C=O) groups is 1. The van der Waals surface area contributed by atoms with Crippen molar-refractivity contribution in [2.75, 3.05) is 11.9 Å². The summed E-state index contributed by atoms with van der Waals surface area (Å²) in [5, 5.41) is 12.6. The van der Waals surface area contributed by atoms with Crippen LogP contribution in [-0.2, 0) is 10.0 Å². The third-order valence-corrected chi connectivity index (χ3v) is 8.61. The Balaban J connectivity index is 1.55. The van der Waals surface area contributed by atoms with Crippen molar-refractivity contribution >= 4 is 44.3 Å². The van der Waals surface area contributed by atoms with Gasteiger partial charge in [-0.15, -0.1) is 21.5 Å². The Kier molecular flexibility index (Phi) is 5.23. The standard InChI is InChI=1S/C17H15FN4O3S3/c18-11-5-1-2-6-12(11)19-15(23)17-21-20-16(27-17)13-7-3-9-22(13)28(24,25)14-8-4-10-26-14/h1-2,4-6,8,10,13H,3,7,9H2,(H,19,23)/t13-/m1/s1. The van der Waals surface area contributed by atoms with Crippen LogP contribution in [0.25, 0.3) is 0 Å². The molecule has 1 fully saturated rings. The summed E-state index contributed by atoms with van der Waals surface area (Å²) in [4.78, 5) is 12.4. The molecule has 4 rings (SSSR count). The van der Waals surface area contributed by atoms with E-state index < -0.39 is 27.8 Å². The topological polar surface area (TPSA) is 92.3 Å². The van der Waals surface area contributed by atoms with Crippen molar-refractivity contribution in [2.24, 2.45) is 0 Å². The molecule has 1 atom stereocenters. The van der Waals surface area contributed by atoms with E-state index in [1.54, 1.807) is 23.6 Å². The molecule has 28 heavy (non-hydrogen) atoms. The van der Waals surface area contributed by atoms with Crippen molar-refractivity contribution in [3.05, 3.63) is 57.6 Å². The zero-order valence-corrected chi connectivity index (χ0v) is 16.9. The smallest absolute Gasteiger partial charge is 0.286 e. The Morgan fingerprint density at radius 3 is 2.79 bits per heavy atom. The van der Waals surface area contributed by atoms with E-state index in [0.717, 1.165) is 22.7 Å². The van der Waals surface area contributed by atoms with E-state index in [1.807, 2.05) is 0 Å². The van der Waals surface area contributed by atoms with Crippen molar-refractivity contribution in [2.45, 2.75) is 23.1 Å². The lowest BCUT2D eigenvalue weighted by Crippen LogP contribution is -2.30. The number of aromatic nitrogens is 2. The number of benzene rings is 1. The van der Waals surface area contributed by atoms with Crippen molar-refractivity contribution < 1.29 is 17.6 Å². The second-order valence-electron chi connectivity index (χ2n) is 6.09. The maximum atomic E-state index is 13.7. The Hall–Kier alpha value is -2.21. The van der Waals surface area contributed by atoms with Gasteiger partial charge < -0.3 is 5.32 Å². The molecule has 2 aromatic heterocycles. The van der Waals surface area contributed by atoms with Crippen LogP contribution < -0.4 is 5.32 Å². The first-order valence-electron chi connectivity index (χ1n) is 8.41. The van der Waals surface area contributed by atoms with Crippen molar-refractivity contribution in [1.29, 1.82) is 0 Å². The Morgan fingerprint density at radius 2 is 2.04 bits per heavy atom. The number of halogens is 1. The van der Waals surface area contributed by atoms with E-state index in [-0.39, 0.29) is 14.9 Å². The third kappa shape index (κ3) is 3.58. The summed E-state index contributed by atoms with van der Waals surface area (Å²) >= 11 is 2.19. The minimum absolute atomic E-state index is 0.0482. The number of nitrogens with zero attached hydrogens (tertiary/aromatic N) is 3. The average Bonchev–Trinajstić information content (AvgIpc) is 3.43. The Labute approximate surface area is 168 Å². The average molecular weight is 439 g/mol. The summed E-state index contributed by atoms with van der Waals surface area (Å²) in [6.45, 7) is 0.390. The molecule has 0 radical (unpaired) electrons. The summed E-state index contributed by atoms with van der Waals surface area (Å²) in [6, 6.07) is 8.63. The highest BCUT2D eigenvalue weighted by Gasteiger charge is 2.38. The van der Waals surface area contributed by atoms with Crippen LogP contribution in [0.4, 0.5) is 10.1 Å². The quantitative estimate of drug-likeness (QED) is 0.658. The van der Waals surface area contributed by atoms with E-state index in [9.17, 15) is 17.6 Å². The second kappa shape index (κ2) is 7.66. The molecule has 0 unspecified atom stereocenters. The number of sulfonamides is 1. The lowest BCUT2D eigenvalue weighted by Gasteiger charge is -2.21. The maximum absolute atomic E-state index is 13.7. The molecule has 0 aliphatic carbocycles. The zero-order valence-electron chi connectivity index (χ0n) is 14.4. The molecule has 1 amide bonds. The monoisotopic (exact) mass is 438 g/mol. The maximum Gasteiger partial charge on any atom is 0.286 e. The first-order valence-corrected chi connectivity index (χ1v) is 11.5. The minimum atomic E-state index is -3.62.